The van der Waals surface area contributed by atoms with Crippen LogP contribution in [0.15, 0.2) is 41.2 Å². The summed E-state index contributed by atoms with van der Waals surface area (Å²) in [7, 11) is 0. The molecule has 28 heavy (non-hydrogen) atoms. The topological polar surface area (TPSA) is 89.4 Å². The zero-order valence-corrected chi connectivity index (χ0v) is 16.2. The number of rotatable bonds is 6. The maximum atomic E-state index is 12.8. The Labute approximate surface area is 163 Å². The highest BCUT2D eigenvalue weighted by atomic mass is 16.5. The molecule has 1 aromatic carbocycles. The van der Waals surface area contributed by atoms with Crippen LogP contribution in [-0.2, 0) is 16.1 Å². The molecule has 0 unspecified atom stereocenters. The minimum atomic E-state index is -0.410. The second-order valence-electron chi connectivity index (χ2n) is 7.04. The SMILES string of the molecule is Cc1ccc(C(=O)Nc2ccc(C)n(CC(=O)NC[C@H]3CCCO3)c2=O)cc1. The number of amides is 2. The summed E-state index contributed by atoms with van der Waals surface area (Å²) in [5, 5.41) is 5.45. The van der Waals surface area contributed by atoms with Crippen LogP contribution in [0.4, 0.5) is 5.69 Å². The summed E-state index contributed by atoms with van der Waals surface area (Å²) in [5.74, 6) is -0.627. The third-order valence-electron chi connectivity index (χ3n) is 4.81. The van der Waals surface area contributed by atoms with Gasteiger partial charge in [0.2, 0.25) is 5.91 Å². The molecular formula is C21H25N3O4. The highest BCUT2D eigenvalue weighted by molar-refractivity contribution is 6.04. The normalized spacial score (nSPS) is 16.0. The fourth-order valence-corrected chi connectivity index (χ4v) is 3.09. The predicted molar refractivity (Wildman–Crippen MR) is 107 cm³/mol. The smallest absolute Gasteiger partial charge is 0.274 e. The number of nitrogens with one attached hydrogen (secondary N) is 2. The van der Waals surface area contributed by atoms with E-state index in [4.69, 9.17) is 4.74 Å². The summed E-state index contributed by atoms with van der Waals surface area (Å²) in [5.41, 5.74) is 1.89. The van der Waals surface area contributed by atoms with Gasteiger partial charge in [-0.2, -0.15) is 0 Å². The van der Waals surface area contributed by atoms with E-state index in [1.54, 1.807) is 31.2 Å². The Kier molecular flexibility index (Phi) is 6.26. The van der Waals surface area contributed by atoms with Crippen LogP contribution in [0.1, 0.15) is 34.5 Å². The highest BCUT2D eigenvalue weighted by Crippen LogP contribution is 2.11. The minimum absolute atomic E-state index is 0.0434. The van der Waals surface area contributed by atoms with Crippen molar-refractivity contribution in [2.45, 2.75) is 39.3 Å². The van der Waals surface area contributed by atoms with E-state index in [9.17, 15) is 14.4 Å². The maximum absolute atomic E-state index is 12.8. The van der Waals surface area contributed by atoms with Gasteiger partial charge in [-0.1, -0.05) is 17.7 Å². The second kappa shape index (κ2) is 8.84. The number of ether oxygens (including phenoxy) is 1. The molecule has 1 saturated heterocycles. The zero-order chi connectivity index (χ0) is 20.1. The van der Waals surface area contributed by atoms with Crippen molar-refractivity contribution in [2.75, 3.05) is 18.5 Å². The van der Waals surface area contributed by atoms with Gasteiger partial charge in [-0.05, 0) is 51.0 Å². The molecule has 2 heterocycles. The van der Waals surface area contributed by atoms with Crippen LogP contribution in [0.2, 0.25) is 0 Å². The summed E-state index contributed by atoms with van der Waals surface area (Å²) in [6.07, 6.45) is 1.98. The Balaban J connectivity index is 1.68. The van der Waals surface area contributed by atoms with Gasteiger partial charge < -0.3 is 19.9 Å². The molecule has 0 saturated carbocycles. The van der Waals surface area contributed by atoms with Crippen molar-refractivity contribution in [1.29, 1.82) is 0 Å². The van der Waals surface area contributed by atoms with Crippen LogP contribution >= 0.6 is 0 Å². The van der Waals surface area contributed by atoms with Crippen molar-refractivity contribution in [3.05, 3.63) is 63.6 Å². The standard InChI is InChI=1S/C21H25N3O4/c1-14-5-8-16(9-6-14)20(26)23-18-10-7-15(2)24(21(18)27)13-19(25)22-12-17-4-3-11-28-17/h5-10,17H,3-4,11-13H2,1-2H3,(H,22,25)(H,23,26)/t17-/m1/s1. The first-order valence-corrected chi connectivity index (χ1v) is 9.41. The van der Waals surface area contributed by atoms with E-state index in [1.807, 2.05) is 19.1 Å². The van der Waals surface area contributed by atoms with Crippen molar-refractivity contribution in [1.82, 2.24) is 9.88 Å². The summed E-state index contributed by atoms with van der Waals surface area (Å²) in [6.45, 7) is 4.74. The van der Waals surface area contributed by atoms with E-state index >= 15 is 0 Å². The number of carbonyl (C=O) groups excluding carboxylic acids is 2. The minimum Gasteiger partial charge on any atom is -0.376 e. The number of benzene rings is 1. The maximum Gasteiger partial charge on any atom is 0.274 e. The first kappa shape index (κ1) is 19.8. The van der Waals surface area contributed by atoms with E-state index in [1.165, 1.54) is 4.57 Å². The Morgan fingerprint density at radius 1 is 1.14 bits per heavy atom. The monoisotopic (exact) mass is 383 g/mol. The lowest BCUT2D eigenvalue weighted by Crippen LogP contribution is -2.37. The Bertz CT molecular complexity index is 912. The van der Waals surface area contributed by atoms with E-state index < -0.39 is 5.56 Å². The first-order valence-electron chi connectivity index (χ1n) is 9.41. The molecule has 0 bridgehead atoms. The van der Waals surface area contributed by atoms with Gasteiger partial charge >= 0.3 is 0 Å². The molecule has 1 aliphatic rings. The number of pyridine rings is 1. The lowest BCUT2D eigenvalue weighted by Gasteiger charge is -2.14. The molecule has 1 atom stereocenters. The Morgan fingerprint density at radius 2 is 1.89 bits per heavy atom. The molecule has 1 aromatic heterocycles. The molecule has 0 aliphatic carbocycles. The van der Waals surface area contributed by atoms with Gasteiger partial charge in [0.25, 0.3) is 11.5 Å². The molecule has 148 valence electrons. The highest BCUT2D eigenvalue weighted by Gasteiger charge is 2.17. The number of anilines is 1. The van der Waals surface area contributed by atoms with Crippen molar-refractivity contribution >= 4 is 17.5 Å². The number of aromatic nitrogens is 1. The van der Waals surface area contributed by atoms with Gasteiger partial charge in [-0.25, -0.2) is 0 Å². The van der Waals surface area contributed by atoms with Gasteiger partial charge in [0.15, 0.2) is 0 Å². The van der Waals surface area contributed by atoms with E-state index in [2.05, 4.69) is 10.6 Å². The third kappa shape index (κ3) is 4.86. The number of carbonyl (C=O) groups is 2. The van der Waals surface area contributed by atoms with Crippen molar-refractivity contribution < 1.29 is 14.3 Å². The summed E-state index contributed by atoms with van der Waals surface area (Å²) >= 11 is 0. The number of hydrogen-bond acceptors (Lipinski definition) is 4. The number of hydrogen-bond donors (Lipinski definition) is 2. The fraction of sp³-hybridized carbons (Fsp3) is 0.381. The molecule has 0 spiro atoms. The van der Waals surface area contributed by atoms with Gasteiger partial charge in [-0.15, -0.1) is 0 Å². The quantitative estimate of drug-likeness (QED) is 0.799. The lowest BCUT2D eigenvalue weighted by atomic mass is 10.1. The van der Waals surface area contributed by atoms with Crippen molar-refractivity contribution in [3.63, 3.8) is 0 Å². The largest absolute Gasteiger partial charge is 0.376 e. The van der Waals surface area contributed by atoms with E-state index in [-0.39, 0.29) is 30.2 Å². The van der Waals surface area contributed by atoms with Crippen LogP contribution in [0.3, 0.4) is 0 Å². The second-order valence-corrected chi connectivity index (χ2v) is 7.04. The molecule has 2 N–H and O–H groups in total. The van der Waals surface area contributed by atoms with E-state index in [0.29, 0.717) is 17.8 Å². The van der Waals surface area contributed by atoms with Crippen LogP contribution in [-0.4, -0.2) is 35.6 Å². The van der Waals surface area contributed by atoms with Crippen LogP contribution in [0, 0.1) is 13.8 Å². The zero-order valence-electron chi connectivity index (χ0n) is 16.2. The van der Waals surface area contributed by atoms with E-state index in [0.717, 1.165) is 25.0 Å². The molecular weight excluding hydrogens is 358 g/mol. The molecule has 0 radical (unpaired) electrons. The predicted octanol–water partition coefficient (Wildman–Crippen LogP) is 2.01. The summed E-state index contributed by atoms with van der Waals surface area (Å²) in [6, 6.07) is 10.3. The third-order valence-corrected chi connectivity index (χ3v) is 4.81. The van der Waals surface area contributed by atoms with Crippen LogP contribution in [0.25, 0.3) is 0 Å². The van der Waals surface area contributed by atoms with Gasteiger partial charge in [-0.3, -0.25) is 14.4 Å². The first-order chi connectivity index (χ1) is 13.4. The summed E-state index contributed by atoms with van der Waals surface area (Å²) in [4.78, 5) is 37.4. The summed E-state index contributed by atoms with van der Waals surface area (Å²) < 4.78 is 6.84. The van der Waals surface area contributed by atoms with Crippen molar-refractivity contribution in [2.24, 2.45) is 0 Å². The number of nitrogens with zero attached hydrogens (tertiary/aromatic N) is 1. The lowest BCUT2D eigenvalue weighted by molar-refractivity contribution is -0.122. The molecule has 2 aromatic rings. The fourth-order valence-electron chi connectivity index (χ4n) is 3.09. The molecule has 1 aliphatic heterocycles. The number of aryl methyl sites for hydroxylation is 2. The average molecular weight is 383 g/mol. The molecule has 1 fully saturated rings. The molecule has 7 heteroatoms. The van der Waals surface area contributed by atoms with Crippen LogP contribution in [0.5, 0.6) is 0 Å². The average Bonchev–Trinajstić information content (AvgIpc) is 3.20. The van der Waals surface area contributed by atoms with Crippen molar-refractivity contribution in [3.8, 4) is 0 Å². The van der Waals surface area contributed by atoms with Gasteiger partial charge in [0, 0.05) is 24.4 Å². The Hall–Kier alpha value is -2.93. The van der Waals surface area contributed by atoms with Crippen LogP contribution < -0.4 is 16.2 Å². The van der Waals surface area contributed by atoms with Gasteiger partial charge in [0.05, 0.1) is 6.10 Å². The molecule has 2 amide bonds. The molecule has 3 rings (SSSR count). The Morgan fingerprint density at radius 3 is 2.57 bits per heavy atom. The van der Waals surface area contributed by atoms with Gasteiger partial charge in [0.1, 0.15) is 12.2 Å². The molecule has 7 nitrogen and oxygen atoms in total.